The number of benzene rings is 2. The summed E-state index contributed by atoms with van der Waals surface area (Å²) < 4.78 is 10.9. The number of anilines is 1. The maximum Gasteiger partial charge on any atom is 0.338 e. The van der Waals surface area contributed by atoms with Crippen LogP contribution in [0.25, 0.3) is 0 Å². The number of carbonyl (C=O) groups excluding carboxylic acids is 2. The van der Waals surface area contributed by atoms with E-state index < -0.39 is 12.0 Å². The average molecular weight is 459 g/mol. The highest BCUT2D eigenvalue weighted by atomic mass is 16.5. The Labute approximate surface area is 197 Å². The molecule has 34 heavy (non-hydrogen) atoms. The molecular formula is C26H26N4O4. The highest BCUT2D eigenvalue weighted by Gasteiger charge is 2.33. The molecule has 0 saturated heterocycles. The summed E-state index contributed by atoms with van der Waals surface area (Å²) in [6.07, 6.45) is 4.27. The molecule has 8 heteroatoms. The summed E-state index contributed by atoms with van der Waals surface area (Å²) in [5, 5.41) is 5.66. The zero-order valence-corrected chi connectivity index (χ0v) is 18.8. The van der Waals surface area contributed by atoms with Gasteiger partial charge in [0.2, 0.25) is 0 Å². The quantitative estimate of drug-likeness (QED) is 0.351. The minimum Gasteiger partial charge on any atom is -0.497 e. The fourth-order valence-electron chi connectivity index (χ4n) is 3.87. The van der Waals surface area contributed by atoms with E-state index in [1.165, 1.54) is 0 Å². The molecule has 0 spiro atoms. The molecule has 0 fully saturated rings. The molecule has 174 valence electrons. The molecule has 1 aliphatic heterocycles. The number of esters is 1. The van der Waals surface area contributed by atoms with Gasteiger partial charge in [-0.15, -0.1) is 0 Å². The van der Waals surface area contributed by atoms with Gasteiger partial charge in [-0.25, -0.2) is 9.59 Å². The number of nitrogens with one attached hydrogen (secondary N) is 2. The summed E-state index contributed by atoms with van der Waals surface area (Å²) in [6, 6.07) is 17.3. The van der Waals surface area contributed by atoms with Gasteiger partial charge in [-0.05, 0) is 65.9 Å². The summed E-state index contributed by atoms with van der Waals surface area (Å²) >= 11 is 0. The lowest BCUT2D eigenvalue weighted by molar-refractivity contribution is -0.140. The van der Waals surface area contributed by atoms with Crippen molar-refractivity contribution in [2.75, 3.05) is 12.8 Å². The van der Waals surface area contributed by atoms with E-state index in [0.717, 1.165) is 22.4 Å². The molecule has 0 saturated carbocycles. The molecule has 3 aromatic rings. The normalized spacial score (nSPS) is 15.3. The van der Waals surface area contributed by atoms with Crippen molar-refractivity contribution in [2.45, 2.75) is 25.5 Å². The van der Waals surface area contributed by atoms with E-state index in [2.05, 4.69) is 15.6 Å². The van der Waals surface area contributed by atoms with Gasteiger partial charge in [-0.3, -0.25) is 4.98 Å². The molecule has 0 radical (unpaired) electrons. The fourth-order valence-corrected chi connectivity index (χ4v) is 3.87. The molecule has 2 heterocycles. The van der Waals surface area contributed by atoms with Crippen LogP contribution < -0.4 is 21.1 Å². The van der Waals surface area contributed by atoms with Crippen LogP contribution >= 0.6 is 0 Å². The van der Waals surface area contributed by atoms with Gasteiger partial charge >= 0.3 is 12.0 Å². The monoisotopic (exact) mass is 458 g/mol. The minimum atomic E-state index is -0.662. The summed E-state index contributed by atoms with van der Waals surface area (Å²) in [7, 11) is 1.61. The Balaban J connectivity index is 1.63. The first-order valence-corrected chi connectivity index (χ1v) is 10.9. The maximum atomic E-state index is 13.3. The Morgan fingerprint density at radius 2 is 1.79 bits per heavy atom. The van der Waals surface area contributed by atoms with Crippen molar-refractivity contribution >= 4 is 17.7 Å². The van der Waals surface area contributed by atoms with Gasteiger partial charge in [0, 0.05) is 23.8 Å². The molecule has 1 unspecified atom stereocenters. The number of aryl methyl sites for hydroxylation is 1. The van der Waals surface area contributed by atoms with Crippen molar-refractivity contribution < 1.29 is 19.1 Å². The molecule has 8 nitrogen and oxygen atoms in total. The lowest BCUT2D eigenvalue weighted by atomic mass is 9.93. The number of nitrogens with zero attached hydrogens (tertiary/aromatic N) is 1. The molecule has 0 aliphatic carbocycles. The van der Waals surface area contributed by atoms with Gasteiger partial charge in [-0.1, -0.05) is 24.3 Å². The predicted molar refractivity (Wildman–Crippen MR) is 128 cm³/mol. The highest BCUT2D eigenvalue weighted by molar-refractivity contribution is 5.95. The predicted octanol–water partition coefficient (Wildman–Crippen LogP) is 3.66. The molecule has 4 N–H and O–H groups in total. The number of methoxy groups -OCH3 is 1. The Kier molecular flexibility index (Phi) is 7.07. The summed E-state index contributed by atoms with van der Waals surface area (Å²) in [5.41, 5.74) is 9.84. The summed E-state index contributed by atoms with van der Waals surface area (Å²) in [5.74, 6) is 0.231. The third-order valence-electron chi connectivity index (χ3n) is 5.53. The van der Waals surface area contributed by atoms with Crippen LogP contribution in [0.15, 0.2) is 84.3 Å². The van der Waals surface area contributed by atoms with Crippen LogP contribution in [0.1, 0.15) is 29.2 Å². The Morgan fingerprint density at radius 1 is 1.03 bits per heavy atom. The van der Waals surface area contributed by atoms with Crippen molar-refractivity contribution in [3.8, 4) is 5.75 Å². The van der Waals surface area contributed by atoms with Gasteiger partial charge in [0.05, 0.1) is 18.7 Å². The smallest absolute Gasteiger partial charge is 0.338 e. The third-order valence-corrected chi connectivity index (χ3v) is 5.53. The van der Waals surface area contributed by atoms with Crippen LogP contribution in [0.3, 0.4) is 0 Å². The maximum absolute atomic E-state index is 13.3. The number of pyridine rings is 1. The first kappa shape index (κ1) is 22.8. The van der Waals surface area contributed by atoms with Crippen LogP contribution in [0, 0.1) is 0 Å². The summed E-state index contributed by atoms with van der Waals surface area (Å²) in [6.45, 7) is 0.0630. The van der Waals surface area contributed by atoms with Crippen molar-refractivity contribution in [1.29, 1.82) is 0 Å². The van der Waals surface area contributed by atoms with Crippen LogP contribution in [-0.2, 0) is 22.6 Å². The van der Waals surface area contributed by atoms with Crippen LogP contribution in [0.4, 0.5) is 10.5 Å². The number of nitrogens with two attached hydrogens (primary N) is 1. The molecule has 0 bridgehead atoms. The highest BCUT2D eigenvalue weighted by Crippen LogP contribution is 2.30. The van der Waals surface area contributed by atoms with Crippen LogP contribution in [0.5, 0.6) is 5.75 Å². The van der Waals surface area contributed by atoms with Gasteiger partial charge in [0.25, 0.3) is 0 Å². The lowest BCUT2D eigenvalue weighted by Gasteiger charge is -2.29. The van der Waals surface area contributed by atoms with Gasteiger partial charge in [0.1, 0.15) is 12.4 Å². The first-order valence-electron chi connectivity index (χ1n) is 10.9. The van der Waals surface area contributed by atoms with Crippen molar-refractivity contribution in [3.63, 3.8) is 0 Å². The number of rotatable bonds is 8. The van der Waals surface area contributed by atoms with Crippen molar-refractivity contribution in [1.82, 2.24) is 15.6 Å². The average Bonchev–Trinajstić information content (AvgIpc) is 2.86. The minimum absolute atomic E-state index is 0.0630. The Morgan fingerprint density at radius 3 is 2.56 bits per heavy atom. The van der Waals surface area contributed by atoms with Crippen LogP contribution in [-0.4, -0.2) is 24.1 Å². The molecular weight excluding hydrogens is 432 g/mol. The van der Waals surface area contributed by atoms with E-state index in [0.29, 0.717) is 29.8 Å². The number of nitrogen functional groups attached to an aromatic ring is 1. The molecule has 2 amide bonds. The number of amides is 2. The van der Waals surface area contributed by atoms with E-state index in [-0.39, 0.29) is 12.6 Å². The topological polar surface area (TPSA) is 116 Å². The molecule has 1 aliphatic rings. The summed E-state index contributed by atoms with van der Waals surface area (Å²) in [4.78, 5) is 29.9. The van der Waals surface area contributed by atoms with Gasteiger partial charge in [0.15, 0.2) is 0 Å². The third kappa shape index (κ3) is 5.53. The second-order valence-electron chi connectivity index (χ2n) is 7.88. The number of ether oxygens (including phenoxy) is 2. The number of hydrogen-bond donors (Lipinski definition) is 3. The fraction of sp³-hybridized carbons (Fsp3) is 0.192. The molecule has 1 atom stereocenters. The largest absolute Gasteiger partial charge is 0.497 e. The van der Waals surface area contributed by atoms with E-state index in [9.17, 15) is 9.59 Å². The molecule has 2 aromatic carbocycles. The molecule has 4 rings (SSSR count). The Hall–Kier alpha value is -4.33. The van der Waals surface area contributed by atoms with E-state index in [4.69, 9.17) is 15.2 Å². The first-order chi connectivity index (χ1) is 16.5. The number of hydrogen-bond acceptors (Lipinski definition) is 6. The van der Waals surface area contributed by atoms with E-state index >= 15 is 0 Å². The van der Waals surface area contributed by atoms with Crippen LogP contribution in [0.2, 0.25) is 0 Å². The number of carbonyl (C=O) groups is 2. The zero-order valence-electron chi connectivity index (χ0n) is 18.8. The van der Waals surface area contributed by atoms with Crippen molar-refractivity contribution in [2.24, 2.45) is 0 Å². The number of allylic oxidation sites excluding steroid dienone is 1. The molecule has 1 aromatic heterocycles. The number of aromatic nitrogens is 1. The second-order valence-corrected chi connectivity index (χ2v) is 7.88. The lowest BCUT2D eigenvalue weighted by Crippen LogP contribution is -2.46. The van der Waals surface area contributed by atoms with Gasteiger partial charge < -0.3 is 25.8 Å². The SMILES string of the molecule is COc1cccc(CCC2=C(C(=O)OCc3cccc(N)c3)C(c3ccncc3)NC(=O)N2)c1. The van der Waals surface area contributed by atoms with E-state index in [1.54, 1.807) is 49.8 Å². The van der Waals surface area contributed by atoms with Gasteiger partial charge in [-0.2, -0.15) is 0 Å². The van der Waals surface area contributed by atoms with Crippen molar-refractivity contribution in [3.05, 3.63) is 101 Å². The zero-order chi connectivity index (χ0) is 23.9. The van der Waals surface area contributed by atoms with E-state index in [1.807, 2.05) is 30.3 Å². The second kappa shape index (κ2) is 10.5. The Bertz CT molecular complexity index is 1210. The number of urea groups is 1. The standard InChI is InChI=1S/C26H26N4O4/c1-33-21-7-3-4-17(15-21)8-9-22-23(25(31)34-16-18-5-2-6-20(27)14-18)24(30-26(32)29-22)19-10-12-28-13-11-19/h2-7,10-15,24H,8-9,16,27H2,1H3,(H2,29,30,32).